The molecule has 1 heteroatoms. The van der Waals surface area contributed by atoms with Crippen LogP contribution in [0, 0.1) is 0 Å². The molecule has 2 N–H and O–H groups in total. The Labute approximate surface area is 170 Å². The maximum Gasteiger partial charge on any atom is -0.00773 e. The minimum atomic E-state index is 0.819. The zero-order chi connectivity index (χ0) is 19.4. The van der Waals surface area contributed by atoms with Gasteiger partial charge in [-0.15, -0.1) is 0 Å². The van der Waals surface area contributed by atoms with Crippen LogP contribution in [0.1, 0.15) is 48.8 Å². The van der Waals surface area contributed by atoms with Crippen molar-refractivity contribution < 1.29 is 0 Å². The predicted molar refractivity (Wildman–Crippen MR) is 122 cm³/mol. The van der Waals surface area contributed by atoms with Crippen molar-refractivity contribution in [1.82, 2.24) is 0 Å². The average molecular weight is 372 g/mol. The van der Waals surface area contributed by atoms with Crippen molar-refractivity contribution in [2.24, 2.45) is 5.73 Å². The standard InChI is InChI=1S/C27H33N/c28-21-7-2-1-4-12-24-17-19-26(20-18-24)27-16-9-15-25(22-27)14-8-13-23-10-5-3-6-11-23/h3,5-6,9-11,15-20,22H,1-2,4,7-8,12-14,21,28H2. The second-order valence-corrected chi connectivity index (χ2v) is 7.69. The Hall–Kier alpha value is -2.38. The number of hydrogen-bond acceptors (Lipinski definition) is 1. The molecule has 3 aromatic rings. The quantitative estimate of drug-likeness (QED) is 0.378. The van der Waals surface area contributed by atoms with Crippen molar-refractivity contribution in [3.63, 3.8) is 0 Å². The predicted octanol–water partition coefficient (Wildman–Crippen LogP) is 6.59. The van der Waals surface area contributed by atoms with Crippen LogP contribution >= 0.6 is 0 Å². The van der Waals surface area contributed by atoms with Gasteiger partial charge in [0.05, 0.1) is 0 Å². The Balaban J connectivity index is 1.51. The topological polar surface area (TPSA) is 26.0 Å². The molecular formula is C27H33N. The van der Waals surface area contributed by atoms with E-state index in [4.69, 9.17) is 5.73 Å². The molecule has 0 saturated heterocycles. The molecule has 0 amide bonds. The Morgan fingerprint density at radius 1 is 0.464 bits per heavy atom. The summed E-state index contributed by atoms with van der Waals surface area (Å²) in [4.78, 5) is 0. The summed E-state index contributed by atoms with van der Waals surface area (Å²) in [5.74, 6) is 0. The minimum Gasteiger partial charge on any atom is -0.330 e. The van der Waals surface area contributed by atoms with Gasteiger partial charge in [0.25, 0.3) is 0 Å². The van der Waals surface area contributed by atoms with Crippen molar-refractivity contribution in [1.29, 1.82) is 0 Å². The lowest BCUT2D eigenvalue weighted by molar-refractivity contribution is 0.647. The highest BCUT2D eigenvalue weighted by Gasteiger charge is 2.02. The van der Waals surface area contributed by atoms with Crippen molar-refractivity contribution >= 4 is 0 Å². The highest BCUT2D eigenvalue weighted by atomic mass is 14.5. The van der Waals surface area contributed by atoms with Crippen LogP contribution in [0.15, 0.2) is 78.9 Å². The molecular weight excluding hydrogens is 338 g/mol. The number of hydrogen-bond donors (Lipinski definition) is 1. The van der Waals surface area contributed by atoms with E-state index in [0.717, 1.165) is 25.8 Å². The molecule has 0 aromatic heterocycles. The van der Waals surface area contributed by atoms with E-state index in [2.05, 4.69) is 78.9 Å². The van der Waals surface area contributed by atoms with E-state index >= 15 is 0 Å². The van der Waals surface area contributed by atoms with Gasteiger partial charge in [0, 0.05) is 0 Å². The first-order valence-electron chi connectivity index (χ1n) is 10.8. The summed E-state index contributed by atoms with van der Waals surface area (Å²) in [5.41, 5.74) is 12.5. The third kappa shape index (κ3) is 6.65. The largest absolute Gasteiger partial charge is 0.330 e. The molecule has 0 radical (unpaired) electrons. The summed E-state index contributed by atoms with van der Waals surface area (Å²) >= 11 is 0. The van der Waals surface area contributed by atoms with Gasteiger partial charge in [-0.05, 0) is 72.9 Å². The van der Waals surface area contributed by atoms with Crippen LogP contribution < -0.4 is 5.73 Å². The van der Waals surface area contributed by atoms with E-state index in [-0.39, 0.29) is 0 Å². The van der Waals surface area contributed by atoms with Gasteiger partial charge < -0.3 is 5.73 Å². The van der Waals surface area contributed by atoms with Crippen LogP contribution in [-0.2, 0) is 19.3 Å². The Bertz CT molecular complexity index is 805. The number of unbranched alkanes of at least 4 members (excludes halogenated alkanes) is 3. The number of nitrogens with two attached hydrogens (primary N) is 1. The summed E-state index contributed by atoms with van der Waals surface area (Å²) in [5, 5.41) is 0. The maximum atomic E-state index is 5.56. The molecule has 28 heavy (non-hydrogen) atoms. The summed E-state index contributed by atoms with van der Waals surface area (Å²) in [7, 11) is 0. The monoisotopic (exact) mass is 371 g/mol. The van der Waals surface area contributed by atoms with Crippen molar-refractivity contribution in [2.45, 2.75) is 51.4 Å². The van der Waals surface area contributed by atoms with Crippen molar-refractivity contribution in [3.8, 4) is 11.1 Å². The highest BCUT2D eigenvalue weighted by Crippen LogP contribution is 2.22. The third-order valence-corrected chi connectivity index (χ3v) is 5.41. The van der Waals surface area contributed by atoms with Gasteiger partial charge >= 0.3 is 0 Å². The molecule has 0 saturated carbocycles. The van der Waals surface area contributed by atoms with E-state index in [1.165, 1.54) is 59.9 Å². The fourth-order valence-electron chi connectivity index (χ4n) is 3.74. The fraction of sp³-hybridized carbons (Fsp3) is 0.333. The van der Waals surface area contributed by atoms with Crippen molar-refractivity contribution in [3.05, 3.63) is 95.6 Å². The first-order valence-corrected chi connectivity index (χ1v) is 10.8. The van der Waals surface area contributed by atoms with E-state index in [1.807, 2.05) is 0 Å². The van der Waals surface area contributed by atoms with Crippen LogP contribution in [0.5, 0.6) is 0 Å². The van der Waals surface area contributed by atoms with Crippen LogP contribution in [0.2, 0.25) is 0 Å². The van der Waals surface area contributed by atoms with E-state index in [1.54, 1.807) is 0 Å². The Kier molecular flexibility index (Phi) is 8.33. The highest BCUT2D eigenvalue weighted by molar-refractivity contribution is 5.64. The molecule has 3 aromatic carbocycles. The molecule has 3 rings (SSSR count). The molecule has 0 aliphatic rings. The van der Waals surface area contributed by atoms with E-state index in [9.17, 15) is 0 Å². The van der Waals surface area contributed by atoms with Gasteiger partial charge in [0.15, 0.2) is 0 Å². The van der Waals surface area contributed by atoms with Crippen LogP contribution in [0.3, 0.4) is 0 Å². The first-order chi connectivity index (χ1) is 13.8. The lowest BCUT2D eigenvalue weighted by atomic mass is 9.98. The smallest absolute Gasteiger partial charge is 0.00773 e. The zero-order valence-electron chi connectivity index (χ0n) is 16.9. The molecule has 0 fully saturated rings. The summed E-state index contributed by atoms with van der Waals surface area (Å²) < 4.78 is 0. The molecule has 0 unspecified atom stereocenters. The van der Waals surface area contributed by atoms with Gasteiger partial charge in [-0.25, -0.2) is 0 Å². The van der Waals surface area contributed by atoms with Gasteiger partial charge in [-0.3, -0.25) is 0 Å². The molecule has 0 bridgehead atoms. The van der Waals surface area contributed by atoms with E-state index in [0.29, 0.717) is 0 Å². The number of aryl methyl sites for hydroxylation is 3. The lowest BCUT2D eigenvalue weighted by Gasteiger charge is -2.08. The molecule has 1 nitrogen and oxygen atoms in total. The molecule has 0 atom stereocenters. The van der Waals surface area contributed by atoms with Gasteiger partial charge in [0.1, 0.15) is 0 Å². The van der Waals surface area contributed by atoms with Crippen LogP contribution in [0.4, 0.5) is 0 Å². The third-order valence-electron chi connectivity index (χ3n) is 5.41. The van der Waals surface area contributed by atoms with Gasteiger partial charge in [-0.1, -0.05) is 91.7 Å². The Morgan fingerprint density at radius 2 is 1.11 bits per heavy atom. The molecule has 0 aliphatic heterocycles. The molecule has 0 heterocycles. The average Bonchev–Trinajstić information content (AvgIpc) is 2.75. The van der Waals surface area contributed by atoms with Crippen LogP contribution in [-0.4, -0.2) is 6.54 Å². The minimum absolute atomic E-state index is 0.819. The van der Waals surface area contributed by atoms with Crippen LogP contribution in [0.25, 0.3) is 11.1 Å². The van der Waals surface area contributed by atoms with E-state index < -0.39 is 0 Å². The molecule has 0 aliphatic carbocycles. The van der Waals surface area contributed by atoms with Gasteiger partial charge in [-0.2, -0.15) is 0 Å². The summed E-state index contributed by atoms with van der Waals surface area (Å²) in [6.07, 6.45) is 9.59. The van der Waals surface area contributed by atoms with Crippen molar-refractivity contribution in [2.75, 3.05) is 6.54 Å². The second-order valence-electron chi connectivity index (χ2n) is 7.69. The normalized spacial score (nSPS) is 10.9. The summed E-state index contributed by atoms with van der Waals surface area (Å²) in [6.45, 7) is 0.819. The second kappa shape index (κ2) is 11.5. The zero-order valence-corrected chi connectivity index (χ0v) is 16.9. The lowest BCUT2D eigenvalue weighted by Crippen LogP contribution is -1.97. The number of rotatable bonds is 11. The fourth-order valence-corrected chi connectivity index (χ4v) is 3.74. The summed E-state index contributed by atoms with van der Waals surface area (Å²) in [6, 6.07) is 28.9. The first kappa shape index (κ1) is 20.4. The SMILES string of the molecule is NCCCCCCc1ccc(-c2cccc(CCCc3ccccc3)c2)cc1. The maximum absolute atomic E-state index is 5.56. The van der Waals surface area contributed by atoms with Gasteiger partial charge in [0.2, 0.25) is 0 Å². The number of benzene rings is 3. The molecule has 146 valence electrons. The Morgan fingerprint density at radius 3 is 1.89 bits per heavy atom. The molecule has 0 spiro atoms.